The highest BCUT2D eigenvalue weighted by Gasteiger charge is 2.08. The molecule has 1 rings (SSSR count). The number of carboxylic acids is 1. The molecule has 64 valence electrons. The third-order valence-electron chi connectivity index (χ3n) is 1.28. The fourth-order valence-corrected chi connectivity index (χ4v) is 0.735. The van der Waals surface area contributed by atoms with E-state index in [1.807, 2.05) is 0 Å². The Bertz CT molecular complexity index is 448. The fraction of sp³-hybridized carbons (Fsp3) is 0.222. The smallest absolute Gasteiger partial charge is 0.305 e. The molecule has 1 aromatic rings. The van der Waals surface area contributed by atoms with Crippen molar-refractivity contribution in [2.75, 3.05) is 0 Å². The second-order valence-electron chi connectivity index (χ2n) is 2.24. The molecule has 0 aliphatic heterocycles. The van der Waals surface area contributed by atoms with Crippen LogP contribution in [0.3, 0.4) is 0 Å². The van der Waals surface area contributed by atoms with Crippen molar-refractivity contribution in [3.63, 3.8) is 0 Å². The van der Waals surface area contributed by atoms with Crippen LogP contribution in [0.15, 0.2) is 30.2 Å². The van der Waals surface area contributed by atoms with Crippen molar-refractivity contribution in [3.8, 4) is 0 Å². The van der Waals surface area contributed by atoms with E-state index >= 15 is 0 Å². The molecule has 12 heavy (non-hydrogen) atoms. The maximum atomic E-state index is 10.5. The Morgan fingerprint density at radius 3 is 2.67 bits per heavy atom. The summed E-state index contributed by atoms with van der Waals surface area (Å²) >= 11 is 0. The van der Waals surface area contributed by atoms with Crippen LogP contribution >= 0.6 is 0 Å². The van der Waals surface area contributed by atoms with Gasteiger partial charge in [0.1, 0.15) is 0 Å². The Hall–Kier alpha value is -1.35. The van der Waals surface area contributed by atoms with E-state index < -0.39 is 48.6 Å². The molecule has 0 aliphatic carbocycles. The van der Waals surface area contributed by atoms with E-state index in [2.05, 4.69) is 0 Å². The summed E-state index contributed by atoms with van der Waals surface area (Å²) in [6.07, 6.45) is -0.492. The van der Waals surface area contributed by atoms with Crippen LogP contribution in [-0.2, 0) is 4.79 Å². The Morgan fingerprint density at radius 1 is 1.58 bits per heavy atom. The molecule has 1 atom stereocenters. The summed E-state index contributed by atoms with van der Waals surface area (Å²) in [5.74, 6) is -1.19. The second-order valence-corrected chi connectivity index (χ2v) is 2.24. The van der Waals surface area contributed by atoms with Crippen molar-refractivity contribution >= 4 is 5.97 Å². The molecule has 3 nitrogen and oxygen atoms in total. The van der Waals surface area contributed by atoms with Crippen molar-refractivity contribution in [2.24, 2.45) is 5.73 Å². The number of hydrogen-bond acceptors (Lipinski definition) is 2. The summed E-state index contributed by atoms with van der Waals surface area (Å²) in [7, 11) is 0. The number of rotatable bonds is 3. The predicted molar refractivity (Wildman–Crippen MR) is 45.6 cm³/mol. The third kappa shape index (κ3) is 2.36. The monoisotopic (exact) mass is 170 g/mol. The molecule has 0 amide bonds. The Morgan fingerprint density at radius 2 is 2.17 bits per heavy atom. The van der Waals surface area contributed by atoms with Crippen LogP contribution in [0.2, 0.25) is 0 Å². The maximum Gasteiger partial charge on any atom is 0.305 e. The Labute approximate surface area is 77.8 Å². The molecule has 0 saturated carbocycles. The van der Waals surface area contributed by atoms with Gasteiger partial charge in [-0.25, -0.2) is 0 Å². The van der Waals surface area contributed by atoms with E-state index in [9.17, 15) is 4.79 Å². The van der Waals surface area contributed by atoms with Crippen molar-refractivity contribution in [1.29, 1.82) is 0 Å². The van der Waals surface area contributed by atoms with Gasteiger partial charge in [0.05, 0.1) is 13.3 Å². The van der Waals surface area contributed by atoms with Gasteiger partial charge in [-0.2, -0.15) is 0 Å². The minimum atomic E-state index is -1.19. The fourth-order valence-electron chi connectivity index (χ4n) is 0.735. The maximum absolute atomic E-state index is 10.5. The van der Waals surface area contributed by atoms with Crippen molar-refractivity contribution in [3.05, 3.63) is 35.8 Å². The molecule has 0 spiro atoms. The average Bonchev–Trinajstić information content (AvgIpc) is 2.23. The predicted octanol–water partition coefficient (Wildman–Crippen LogP) is 1.16. The SMILES string of the molecule is [2H]c1c([2H])c([2H])c(C(N)CC(=O)O)c([2H])c1[2H]. The molecular formula is C9H11NO2. The first-order valence-corrected chi connectivity index (χ1v) is 3.31. The van der Waals surface area contributed by atoms with Crippen LogP contribution < -0.4 is 5.73 Å². The van der Waals surface area contributed by atoms with Gasteiger partial charge in [0.2, 0.25) is 0 Å². The van der Waals surface area contributed by atoms with E-state index in [4.69, 9.17) is 17.7 Å². The zero-order valence-corrected chi connectivity index (χ0v) is 6.22. The highest BCUT2D eigenvalue weighted by atomic mass is 16.4. The first-order chi connectivity index (χ1) is 7.77. The topological polar surface area (TPSA) is 63.3 Å². The number of aliphatic carboxylic acids is 1. The van der Waals surface area contributed by atoms with Crippen LogP contribution in [0.4, 0.5) is 0 Å². The molecule has 0 radical (unpaired) electrons. The highest BCUT2D eigenvalue weighted by Crippen LogP contribution is 2.12. The molecule has 1 unspecified atom stereocenters. The minimum absolute atomic E-state index is 0.168. The summed E-state index contributed by atoms with van der Waals surface area (Å²) in [5, 5.41) is 8.59. The lowest BCUT2D eigenvalue weighted by molar-refractivity contribution is -0.137. The van der Waals surface area contributed by atoms with Gasteiger partial charge in [0.25, 0.3) is 0 Å². The Balaban J connectivity index is 3.38. The molecule has 3 heteroatoms. The molecule has 1 aromatic carbocycles. The minimum Gasteiger partial charge on any atom is -0.481 e. The number of benzene rings is 1. The Kier molecular flexibility index (Phi) is 1.31. The van der Waals surface area contributed by atoms with Crippen LogP contribution in [0.5, 0.6) is 0 Å². The molecule has 0 heterocycles. The zero-order chi connectivity index (χ0) is 13.3. The van der Waals surface area contributed by atoms with E-state index in [0.717, 1.165) is 0 Å². The normalized spacial score (nSPS) is 18.2. The van der Waals surface area contributed by atoms with Crippen LogP contribution in [0.1, 0.15) is 24.9 Å². The molecule has 3 N–H and O–H groups in total. The number of carbonyl (C=O) groups is 1. The summed E-state index contributed by atoms with van der Waals surface area (Å²) in [6, 6.07) is -3.58. The standard InChI is InChI=1S/C9H11NO2/c10-8(6-9(11)12)7-4-2-1-3-5-7/h1-5,8H,6,10H2,(H,11,12)/i1D,2D,3D,4D,5D. The third-order valence-corrected chi connectivity index (χ3v) is 1.28. The van der Waals surface area contributed by atoms with Gasteiger partial charge in [-0.3, -0.25) is 4.79 Å². The van der Waals surface area contributed by atoms with Crippen molar-refractivity contribution in [1.82, 2.24) is 0 Å². The second kappa shape index (κ2) is 3.88. The van der Waals surface area contributed by atoms with Gasteiger partial charge in [-0.05, 0) is 5.56 Å². The van der Waals surface area contributed by atoms with Crippen LogP contribution in [0, 0.1) is 0 Å². The summed E-state index contributed by atoms with van der Waals surface area (Å²) < 4.78 is 37.3. The summed E-state index contributed by atoms with van der Waals surface area (Å²) in [6.45, 7) is 0. The van der Waals surface area contributed by atoms with Crippen LogP contribution in [-0.4, -0.2) is 11.1 Å². The van der Waals surface area contributed by atoms with E-state index in [0.29, 0.717) is 0 Å². The first kappa shape index (κ1) is 4.05. The lowest BCUT2D eigenvalue weighted by atomic mass is 10.1. The highest BCUT2D eigenvalue weighted by molar-refractivity contribution is 5.67. The summed E-state index contributed by atoms with van der Waals surface area (Å²) in [5.41, 5.74) is 5.37. The number of carboxylic acid groups (broad SMARTS) is 1. The quantitative estimate of drug-likeness (QED) is 0.715. The van der Waals surface area contributed by atoms with Gasteiger partial charge in [0.15, 0.2) is 0 Å². The van der Waals surface area contributed by atoms with Gasteiger partial charge < -0.3 is 10.8 Å². The van der Waals surface area contributed by atoms with Gasteiger partial charge in [-0.1, -0.05) is 30.2 Å². The van der Waals surface area contributed by atoms with Crippen molar-refractivity contribution < 1.29 is 16.8 Å². The van der Waals surface area contributed by atoms with Gasteiger partial charge >= 0.3 is 5.97 Å². The molecule has 0 aromatic heterocycles. The van der Waals surface area contributed by atoms with Crippen molar-refractivity contribution in [2.45, 2.75) is 12.5 Å². The number of hydrogen-bond donors (Lipinski definition) is 2. The first-order valence-electron chi connectivity index (χ1n) is 5.81. The molecule has 0 fully saturated rings. The average molecular weight is 170 g/mol. The van der Waals surface area contributed by atoms with E-state index in [1.54, 1.807) is 0 Å². The molecule has 0 bridgehead atoms. The zero-order valence-electron chi connectivity index (χ0n) is 11.2. The largest absolute Gasteiger partial charge is 0.481 e. The lowest BCUT2D eigenvalue weighted by Crippen LogP contribution is -2.14. The summed E-state index contributed by atoms with van der Waals surface area (Å²) in [4.78, 5) is 10.5. The van der Waals surface area contributed by atoms with E-state index in [-0.39, 0.29) is 5.56 Å². The number of nitrogens with two attached hydrogens (primary N) is 1. The van der Waals surface area contributed by atoms with Crippen LogP contribution in [0.25, 0.3) is 0 Å². The van der Waals surface area contributed by atoms with Gasteiger partial charge in [-0.15, -0.1) is 0 Å². The molecule has 0 saturated heterocycles. The van der Waals surface area contributed by atoms with E-state index in [1.165, 1.54) is 0 Å². The molecule has 0 aliphatic rings. The lowest BCUT2D eigenvalue weighted by Gasteiger charge is -2.07. The van der Waals surface area contributed by atoms with Gasteiger partial charge in [0, 0.05) is 6.04 Å². The molecular weight excluding hydrogens is 154 g/mol.